The Morgan fingerprint density at radius 2 is 1.76 bits per heavy atom. The second-order valence-corrected chi connectivity index (χ2v) is 7.68. The van der Waals surface area contributed by atoms with Gasteiger partial charge in [0.2, 0.25) is 0 Å². The summed E-state index contributed by atoms with van der Waals surface area (Å²) in [5.74, 6) is 2.22. The van der Waals surface area contributed by atoms with Gasteiger partial charge in [-0.3, -0.25) is 4.21 Å². The van der Waals surface area contributed by atoms with E-state index in [-0.39, 0.29) is 6.04 Å². The van der Waals surface area contributed by atoms with Crippen molar-refractivity contribution in [3.05, 3.63) is 29.8 Å². The van der Waals surface area contributed by atoms with Crippen LogP contribution in [0.1, 0.15) is 45.7 Å². The van der Waals surface area contributed by atoms with Gasteiger partial charge in [-0.15, -0.1) is 0 Å². The van der Waals surface area contributed by atoms with E-state index in [9.17, 15) is 4.21 Å². The molecule has 1 aromatic carbocycles. The number of benzene rings is 1. The highest BCUT2D eigenvalue weighted by molar-refractivity contribution is 7.84. The molecule has 1 N–H and O–H groups in total. The van der Waals surface area contributed by atoms with Gasteiger partial charge < -0.3 is 10.1 Å². The van der Waals surface area contributed by atoms with Gasteiger partial charge in [0.1, 0.15) is 5.75 Å². The van der Waals surface area contributed by atoms with Crippen LogP contribution in [0, 0.1) is 5.92 Å². The van der Waals surface area contributed by atoms with E-state index in [2.05, 4.69) is 45.1 Å². The molecule has 120 valence electrons. The first kappa shape index (κ1) is 18.2. The van der Waals surface area contributed by atoms with Crippen LogP contribution in [-0.4, -0.2) is 28.9 Å². The quantitative estimate of drug-likeness (QED) is 0.758. The molecule has 0 saturated heterocycles. The van der Waals surface area contributed by atoms with Crippen LogP contribution in [0.15, 0.2) is 24.3 Å². The Morgan fingerprint density at radius 1 is 1.14 bits per heavy atom. The Hall–Kier alpha value is -0.870. The minimum Gasteiger partial charge on any atom is -0.493 e. The second-order valence-electron chi connectivity index (χ2n) is 6.13. The zero-order valence-corrected chi connectivity index (χ0v) is 14.7. The smallest absolute Gasteiger partial charge is 0.119 e. The topological polar surface area (TPSA) is 38.3 Å². The van der Waals surface area contributed by atoms with Crippen molar-refractivity contribution >= 4 is 10.8 Å². The zero-order chi connectivity index (χ0) is 15.8. The van der Waals surface area contributed by atoms with Crippen molar-refractivity contribution < 1.29 is 8.95 Å². The van der Waals surface area contributed by atoms with Crippen molar-refractivity contribution in [2.24, 2.45) is 5.92 Å². The molecule has 3 unspecified atom stereocenters. The molecule has 1 aromatic rings. The number of hydrogen-bond donors (Lipinski definition) is 1. The molecule has 0 amide bonds. The van der Waals surface area contributed by atoms with Gasteiger partial charge in [0.15, 0.2) is 0 Å². The van der Waals surface area contributed by atoms with Crippen LogP contribution in [0.4, 0.5) is 0 Å². The van der Waals surface area contributed by atoms with Crippen LogP contribution in [0.25, 0.3) is 0 Å². The predicted molar refractivity (Wildman–Crippen MR) is 91.3 cm³/mol. The molecule has 3 nitrogen and oxygen atoms in total. The van der Waals surface area contributed by atoms with E-state index >= 15 is 0 Å². The van der Waals surface area contributed by atoms with Gasteiger partial charge in [0.05, 0.1) is 6.61 Å². The standard InChI is InChI=1S/C17H29NO2S/c1-13(2)12-20-17-8-6-16(7-9-17)15(4)18-14(3)10-11-21(5)19/h6-9,13-15,18H,10-12H2,1-5H3. The molecule has 0 aliphatic heterocycles. The number of ether oxygens (including phenoxy) is 1. The first-order chi connectivity index (χ1) is 9.88. The second kappa shape index (κ2) is 9.21. The third-order valence-electron chi connectivity index (χ3n) is 3.34. The summed E-state index contributed by atoms with van der Waals surface area (Å²) in [4.78, 5) is 0. The van der Waals surface area contributed by atoms with E-state index in [0.717, 1.165) is 24.5 Å². The Kier molecular flexibility index (Phi) is 7.97. The zero-order valence-electron chi connectivity index (χ0n) is 13.9. The number of nitrogens with one attached hydrogen (secondary N) is 1. The molecule has 0 bridgehead atoms. The van der Waals surface area contributed by atoms with Gasteiger partial charge in [-0.05, 0) is 43.9 Å². The fourth-order valence-electron chi connectivity index (χ4n) is 2.06. The minimum absolute atomic E-state index is 0.282. The normalized spacial score (nSPS) is 15.7. The molecule has 0 aromatic heterocycles. The lowest BCUT2D eigenvalue weighted by Crippen LogP contribution is -2.30. The van der Waals surface area contributed by atoms with Gasteiger partial charge in [0, 0.05) is 34.9 Å². The van der Waals surface area contributed by atoms with Crippen molar-refractivity contribution in [3.8, 4) is 5.75 Å². The van der Waals surface area contributed by atoms with E-state index in [1.807, 2.05) is 12.1 Å². The lowest BCUT2D eigenvalue weighted by atomic mass is 10.1. The molecule has 0 saturated carbocycles. The fraction of sp³-hybridized carbons (Fsp3) is 0.647. The van der Waals surface area contributed by atoms with E-state index in [1.54, 1.807) is 6.26 Å². The third-order valence-corrected chi connectivity index (χ3v) is 4.15. The summed E-state index contributed by atoms with van der Waals surface area (Å²) in [6, 6.07) is 8.92. The molecule has 4 heteroatoms. The summed E-state index contributed by atoms with van der Waals surface area (Å²) in [5, 5.41) is 3.55. The van der Waals surface area contributed by atoms with Gasteiger partial charge in [0.25, 0.3) is 0 Å². The highest BCUT2D eigenvalue weighted by Crippen LogP contribution is 2.19. The van der Waals surface area contributed by atoms with Crippen LogP contribution >= 0.6 is 0 Å². The summed E-state index contributed by atoms with van der Waals surface area (Å²) in [5.41, 5.74) is 1.25. The van der Waals surface area contributed by atoms with Crippen molar-refractivity contribution in [3.63, 3.8) is 0 Å². The van der Waals surface area contributed by atoms with Crippen LogP contribution in [-0.2, 0) is 10.8 Å². The molecule has 1 rings (SSSR count). The summed E-state index contributed by atoms with van der Waals surface area (Å²) in [7, 11) is -0.711. The minimum atomic E-state index is -0.711. The van der Waals surface area contributed by atoms with E-state index < -0.39 is 10.8 Å². The maximum Gasteiger partial charge on any atom is 0.119 e. The van der Waals surface area contributed by atoms with Crippen LogP contribution in [0.2, 0.25) is 0 Å². The molecule has 3 atom stereocenters. The lowest BCUT2D eigenvalue weighted by molar-refractivity contribution is 0.271. The maximum atomic E-state index is 11.1. The molecule has 0 aliphatic rings. The molecular formula is C17H29NO2S. The van der Waals surface area contributed by atoms with Crippen LogP contribution in [0.3, 0.4) is 0 Å². The summed E-state index contributed by atoms with van der Waals surface area (Å²) in [6.45, 7) is 9.33. The summed E-state index contributed by atoms with van der Waals surface area (Å²) in [6.07, 6.45) is 2.69. The highest BCUT2D eigenvalue weighted by atomic mass is 32.2. The largest absolute Gasteiger partial charge is 0.493 e. The molecule has 0 heterocycles. The van der Waals surface area contributed by atoms with E-state index in [4.69, 9.17) is 4.74 Å². The number of hydrogen-bond acceptors (Lipinski definition) is 3. The van der Waals surface area contributed by atoms with Crippen LogP contribution < -0.4 is 10.1 Å². The monoisotopic (exact) mass is 311 g/mol. The highest BCUT2D eigenvalue weighted by Gasteiger charge is 2.10. The Labute approximate surface area is 131 Å². The van der Waals surface area contributed by atoms with Gasteiger partial charge >= 0.3 is 0 Å². The van der Waals surface area contributed by atoms with Gasteiger partial charge in [-0.2, -0.15) is 0 Å². The van der Waals surface area contributed by atoms with Crippen molar-refractivity contribution in [1.82, 2.24) is 5.32 Å². The average molecular weight is 311 g/mol. The van der Waals surface area contributed by atoms with Gasteiger partial charge in [-0.25, -0.2) is 0 Å². The Morgan fingerprint density at radius 3 is 2.29 bits per heavy atom. The van der Waals surface area contributed by atoms with E-state index in [1.165, 1.54) is 5.56 Å². The van der Waals surface area contributed by atoms with E-state index in [0.29, 0.717) is 12.0 Å². The van der Waals surface area contributed by atoms with Gasteiger partial charge in [-0.1, -0.05) is 26.0 Å². The summed E-state index contributed by atoms with van der Waals surface area (Å²) >= 11 is 0. The van der Waals surface area contributed by atoms with Crippen LogP contribution in [0.5, 0.6) is 5.75 Å². The average Bonchev–Trinajstić information content (AvgIpc) is 2.43. The lowest BCUT2D eigenvalue weighted by Gasteiger charge is -2.20. The molecule has 21 heavy (non-hydrogen) atoms. The molecule has 0 spiro atoms. The Bertz CT molecular complexity index is 431. The third kappa shape index (κ3) is 7.63. The molecular weight excluding hydrogens is 282 g/mol. The predicted octanol–water partition coefficient (Wildman–Crippen LogP) is 3.53. The first-order valence-electron chi connectivity index (χ1n) is 7.67. The van der Waals surface area contributed by atoms with Crippen molar-refractivity contribution in [2.75, 3.05) is 18.6 Å². The summed E-state index contributed by atoms with van der Waals surface area (Å²) < 4.78 is 16.8. The maximum absolute atomic E-state index is 11.1. The SMILES string of the molecule is CC(C)COc1ccc(C(C)NC(C)CCS(C)=O)cc1. The molecule has 0 aliphatic carbocycles. The molecule has 0 fully saturated rings. The fourth-order valence-corrected chi connectivity index (χ4v) is 2.75. The Balaban J connectivity index is 2.46. The molecule has 0 radical (unpaired) electrons. The van der Waals surface area contributed by atoms with Crippen molar-refractivity contribution in [1.29, 1.82) is 0 Å². The number of rotatable bonds is 9. The van der Waals surface area contributed by atoms with Crippen molar-refractivity contribution in [2.45, 2.75) is 46.2 Å². The first-order valence-corrected chi connectivity index (χ1v) is 9.40.